The molecule has 7 heteroatoms. The Morgan fingerprint density at radius 2 is 2.09 bits per heavy atom. The van der Waals surface area contributed by atoms with Crippen molar-refractivity contribution in [1.29, 1.82) is 0 Å². The number of aliphatic hydroxyl groups is 1. The van der Waals surface area contributed by atoms with E-state index < -0.39 is 16.1 Å². The summed E-state index contributed by atoms with van der Waals surface area (Å²) in [5.74, 6) is 0.00383. The molecule has 1 aromatic heterocycles. The maximum Gasteiger partial charge on any atom is 0.246 e. The van der Waals surface area contributed by atoms with Gasteiger partial charge in [-0.1, -0.05) is 30.3 Å². The van der Waals surface area contributed by atoms with Crippen LogP contribution >= 0.6 is 0 Å². The molecule has 1 fully saturated rings. The van der Waals surface area contributed by atoms with Crippen LogP contribution in [0.1, 0.15) is 18.9 Å². The van der Waals surface area contributed by atoms with Crippen molar-refractivity contribution in [2.75, 3.05) is 13.1 Å². The van der Waals surface area contributed by atoms with Gasteiger partial charge in [0, 0.05) is 19.3 Å². The Bertz CT molecular complexity index is 756. The zero-order valence-corrected chi connectivity index (χ0v) is 13.9. The minimum atomic E-state index is -3.54. The normalized spacial score (nSPS) is 20.7. The Morgan fingerprint density at radius 3 is 2.74 bits per heavy atom. The lowest BCUT2D eigenvalue weighted by molar-refractivity contribution is 0.133. The highest BCUT2D eigenvalue weighted by atomic mass is 32.2. The van der Waals surface area contributed by atoms with Crippen molar-refractivity contribution in [2.24, 2.45) is 5.92 Å². The van der Waals surface area contributed by atoms with E-state index in [4.69, 9.17) is 0 Å². The third kappa shape index (κ3) is 3.46. The summed E-state index contributed by atoms with van der Waals surface area (Å²) < 4.78 is 28.4. The van der Waals surface area contributed by atoms with Gasteiger partial charge in [-0.3, -0.25) is 4.68 Å². The third-order valence-corrected chi connectivity index (χ3v) is 6.12. The molecule has 2 atom stereocenters. The number of hydrogen-bond donors (Lipinski definition) is 1. The predicted octanol–water partition coefficient (Wildman–Crippen LogP) is 1.32. The lowest BCUT2D eigenvalue weighted by atomic mass is 10.0. The van der Waals surface area contributed by atoms with E-state index in [9.17, 15) is 13.5 Å². The summed E-state index contributed by atoms with van der Waals surface area (Å²) in [6.07, 6.45) is 3.16. The monoisotopic (exact) mass is 335 g/mol. The standard InChI is InChI=1S/C16H21N3O3S/c1-13(20)15-7-8-19(11-15)23(21,22)16-9-17-18(12-16)10-14-5-3-2-4-6-14/h2-6,9,12-13,15,20H,7-8,10-11H2,1H3. The molecule has 1 aromatic carbocycles. The molecular formula is C16H21N3O3S. The van der Waals surface area contributed by atoms with Crippen molar-refractivity contribution >= 4 is 10.0 Å². The first kappa shape index (κ1) is 16.2. The minimum absolute atomic E-state index is 0.00383. The van der Waals surface area contributed by atoms with E-state index in [1.165, 1.54) is 10.5 Å². The fourth-order valence-electron chi connectivity index (χ4n) is 2.85. The van der Waals surface area contributed by atoms with Gasteiger partial charge in [0.2, 0.25) is 10.0 Å². The molecule has 124 valence electrons. The van der Waals surface area contributed by atoms with E-state index in [1.54, 1.807) is 17.8 Å². The van der Waals surface area contributed by atoms with Crippen LogP contribution in [0.2, 0.25) is 0 Å². The summed E-state index contributed by atoms with van der Waals surface area (Å²) in [7, 11) is -3.54. The molecule has 1 aliphatic heterocycles. The summed E-state index contributed by atoms with van der Waals surface area (Å²) in [4.78, 5) is 0.208. The van der Waals surface area contributed by atoms with Gasteiger partial charge in [0.15, 0.2) is 0 Å². The van der Waals surface area contributed by atoms with Crippen LogP contribution in [0.4, 0.5) is 0 Å². The predicted molar refractivity (Wildman–Crippen MR) is 86.3 cm³/mol. The van der Waals surface area contributed by atoms with Crippen molar-refractivity contribution in [1.82, 2.24) is 14.1 Å². The fraction of sp³-hybridized carbons (Fsp3) is 0.438. The average Bonchev–Trinajstić information content (AvgIpc) is 3.18. The van der Waals surface area contributed by atoms with Gasteiger partial charge >= 0.3 is 0 Å². The second-order valence-electron chi connectivity index (χ2n) is 6.01. The van der Waals surface area contributed by atoms with Crippen molar-refractivity contribution in [3.8, 4) is 0 Å². The van der Waals surface area contributed by atoms with Crippen LogP contribution in [0.25, 0.3) is 0 Å². The molecule has 23 heavy (non-hydrogen) atoms. The molecule has 1 saturated heterocycles. The van der Waals surface area contributed by atoms with Crippen molar-refractivity contribution < 1.29 is 13.5 Å². The molecule has 0 radical (unpaired) electrons. The highest BCUT2D eigenvalue weighted by molar-refractivity contribution is 7.89. The van der Waals surface area contributed by atoms with Gasteiger partial charge in [0.1, 0.15) is 4.90 Å². The second-order valence-corrected chi connectivity index (χ2v) is 7.95. The number of hydrogen-bond acceptors (Lipinski definition) is 4. The van der Waals surface area contributed by atoms with Crippen LogP contribution in [-0.4, -0.2) is 46.8 Å². The van der Waals surface area contributed by atoms with E-state index in [-0.39, 0.29) is 10.8 Å². The number of benzene rings is 1. The van der Waals surface area contributed by atoms with E-state index in [0.29, 0.717) is 26.1 Å². The Labute approximate surface area is 136 Å². The molecule has 6 nitrogen and oxygen atoms in total. The average molecular weight is 335 g/mol. The van der Waals surface area contributed by atoms with Crippen molar-refractivity contribution in [2.45, 2.75) is 30.9 Å². The van der Waals surface area contributed by atoms with Crippen LogP contribution in [0.3, 0.4) is 0 Å². The Hall–Kier alpha value is -1.70. The summed E-state index contributed by atoms with van der Waals surface area (Å²) in [5.41, 5.74) is 1.06. The van der Waals surface area contributed by atoms with Crippen molar-refractivity contribution in [3.05, 3.63) is 48.3 Å². The van der Waals surface area contributed by atoms with E-state index >= 15 is 0 Å². The number of aliphatic hydroxyl groups excluding tert-OH is 1. The minimum Gasteiger partial charge on any atom is -0.393 e. The zero-order chi connectivity index (χ0) is 16.4. The molecule has 0 amide bonds. The lowest BCUT2D eigenvalue weighted by Crippen LogP contribution is -2.30. The maximum absolute atomic E-state index is 12.7. The van der Waals surface area contributed by atoms with Gasteiger partial charge in [-0.15, -0.1) is 0 Å². The van der Waals surface area contributed by atoms with Crippen LogP contribution in [0, 0.1) is 5.92 Å². The number of nitrogens with zero attached hydrogens (tertiary/aromatic N) is 3. The topological polar surface area (TPSA) is 75.4 Å². The molecule has 0 aliphatic carbocycles. The summed E-state index contributed by atoms with van der Waals surface area (Å²) in [6.45, 7) is 3.05. The smallest absolute Gasteiger partial charge is 0.246 e. The molecule has 2 unspecified atom stereocenters. The molecule has 1 N–H and O–H groups in total. The highest BCUT2D eigenvalue weighted by Gasteiger charge is 2.35. The van der Waals surface area contributed by atoms with Crippen LogP contribution in [0.5, 0.6) is 0 Å². The van der Waals surface area contributed by atoms with Crippen LogP contribution in [-0.2, 0) is 16.6 Å². The molecule has 2 heterocycles. The Kier molecular flexibility index (Phi) is 4.52. The van der Waals surface area contributed by atoms with Crippen LogP contribution < -0.4 is 0 Å². The first-order valence-electron chi connectivity index (χ1n) is 7.71. The molecule has 0 saturated carbocycles. The van der Waals surface area contributed by atoms with E-state index in [0.717, 1.165) is 5.56 Å². The highest BCUT2D eigenvalue weighted by Crippen LogP contribution is 2.26. The van der Waals surface area contributed by atoms with Gasteiger partial charge in [0.25, 0.3) is 0 Å². The first-order valence-corrected chi connectivity index (χ1v) is 9.15. The molecule has 3 rings (SSSR count). The Balaban J connectivity index is 1.74. The molecule has 0 spiro atoms. The third-order valence-electron chi connectivity index (χ3n) is 4.30. The molecule has 2 aromatic rings. The number of aromatic nitrogens is 2. The summed E-state index contributed by atoms with van der Waals surface area (Å²) in [6, 6.07) is 9.77. The molecule has 0 bridgehead atoms. The van der Waals surface area contributed by atoms with E-state index in [1.807, 2.05) is 30.3 Å². The quantitative estimate of drug-likeness (QED) is 0.894. The lowest BCUT2D eigenvalue weighted by Gasteiger charge is -2.16. The largest absolute Gasteiger partial charge is 0.393 e. The van der Waals surface area contributed by atoms with Gasteiger partial charge in [-0.05, 0) is 24.8 Å². The van der Waals surface area contributed by atoms with Crippen molar-refractivity contribution in [3.63, 3.8) is 0 Å². The summed E-state index contributed by atoms with van der Waals surface area (Å²) >= 11 is 0. The first-order chi connectivity index (χ1) is 11.0. The van der Waals surface area contributed by atoms with Gasteiger partial charge < -0.3 is 5.11 Å². The zero-order valence-electron chi connectivity index (χ0n) is 13.0. The molecule has 1 aliphatic rings. The van der Waals surface area contributed by atoms with Crippen LogP contribution in [0.15, 0.2) is 47.6 Å². The number of sulfonamides is 1. The SMILES string of the molecule is CC(O)C1CCN(S(=O)(=O)c2cnn(Cc3ccccc3)c2)C1. The van der Waals surface area contributed by atoms with Gasteiger partial charge in [-0.25, -0.2) is 8.42 Å². The van der Waals surface area contributed by atoms with Gasteiger partial charge in [-0.2, -0.15) is 9.40 Å². The van der Waals surface area contributed by atoms with Gasteiger partial charge in [0.05, 0.1) is 18.8 Å². The molecular weight excluding hydrogens is 314 g/mol. The fourth-order valence-corrected chi connectivity index (χ4v) is 4.32. The number of rotatable bonds is 5. The summed E-state index contributed by atoms with van der Waals surface area (Å²) in [5, 5.41) is 13.8. The second kappa shape index (κ2) is 6.43. The maximum atomic E-state index is 12.7. The van der Waals surface area contributed by atoms with E-state index in [2.05, 4.69) is 5.10 Å². The Morgan fingerprint density at radius 1 is 1.35 bits per heavy atom.